The van der Waals surface area contributed by atoms with Gasteiger partial charge in [-0.3, -0.25) is 19.8 Å². The maximum absolute atomic E-state index is 12.0. The average Bonchev–Trinajstić information content (AvgIpc) is 2.94. The van der Waals surface area contributed by atoms with Crippen LogP contribution in [0.15, 0.2) is 18.2 Å². The molecule has 2 rings (SSSR count). The number of amides is 1. The monoisotopic (exact) mass is 307 g/mol. The molecule has 1 aromatic carbocycles. The Labute approximate surface area is 129 Å². The van der Waals surface area contributed by atoms with Crippen molar-refractivity contribution in [2.45, 2.75) is 32.2 Å². The van der Waals surface area contributed by atoms with Gasteiger partial charge >= 0.3 is 0 Å². The predicted octanol–water partition coefficient (Wildman–Crippen LogP) is 1.69. The number of carbonyl (C=O) groups is 1. The number of aliphatic hydroxyl groups excluding tert-OH is 1. The molecule has 1 atom stereocenters. The Balaban J connectivity index is 1.88. The number of hydrogen-bond acceptors (Lipinski definition) is 5. The van der Waals surface area contributed by atoms with Gasteiger partial charge in [0.1, 0.15) is 0 Å². The highest BCUT2D eigenvalue weighted by molar-refractivity contribution is 5.91. The molecule has 0 bridgehead atoms. The molecule has 0 spiro atoms. The van der Waals surface area contributed by atoms with Crippen molar-refractivity contribution >= 4 is 17.3 Å². The summed E-state index contributed by atoms with van der Waals surface area (Å²) in [4.78, 5) is 24.4. The minimum absolute atomic E-state index is 0.0124. The van der Waals surface area contributed by atoms with Gasteiger partial charge in [0.25, 0.3) is 5.69 Å². The molecule has 0 aliphatic carbocycles. The highest BCUT2D eigenvalue weighted by Crippen LogP contribution is 2.21. The summed E-state index contributed by atoms with van der Waals surface area (Å²) < 4.78 is 0. The number of carbonyl (C=O) groups excluding carboxylic acids is 1. The fraction of sp³-hybridized carbons (Fsp3) is 0.533. The Hall–Kier alpha value is -1.99. The van der Waals surface area contributed by atoms with E-state index in [-0.39, 0.29) is 24.2 Å². The number of non-ortho nitro benzene ring substituents is 1. The average molecular weight is 307 g/mol. The van der Waals surface area contributed by atoms with Gasteiger partial charge < -0.3 is 10.4 Å². The summed E-state index contributed by atoms with van der Waals surface area (Å²) in [5, 5.41) is 22.7. The molecule has 0 unspecified atom stereocenters. The molecule has 1 aliphatic heterocycles. The van der Waals surface area contributed by atoms with Gasteiger partial charge in [-0.25, -0.2) is 0 Å². The Morgan fingerprint density at radius 1 is 1.55 bits per heavy atom. The smallest absolute Gasteiger partial charge is 0.269 e. The van der Waals surface area contributed by atoms with Gasteiger partial charge in [-0.1, -0.05) is 0 Å². The summed E-state index contributed by atoms with van der Waals surface area (Å²) in [5.74, 6) is -0.124. The molecule has 2 N–H and O–H groups in total. The molecule has 0 saturated carbocycles. The van der Waals surface area contributed by atoms with Crippen LogP contribution in [0.4, 0.5) is 11.4 Å². The van der Waals surface area contributed by atoms with Gasteiger partial charge in [-0.15, -0.1) is 0 Å². The molecule has 120 valence electrons. The lowest BCUT2D eigenvalue weighted by Gasteiger charge is -2.22. The third kappa shape index (κ3) is 4.02. The van der Waals surface area contributed by atoms with E-state index in [1.165, 1.54) is 12.1 Å². The first kappa shape index (κ1) is 16.4. The number of nitrogens with zero attached hydrogens (tertiary/aromatic N) is 2. The highest BCUT2D eigenvalue weighted by Gasteiger charge is 2.23. The molecule has 1 saturated heterocycles. The lowest BCUT2D eigenvalue weighted by atomic mass is 10.1. The summed E-state index contributed by atoms with van der Waals surface area (Å²) in [6.07, 6.45) is 2.36. The molecule has 0 aromatic heterocycles. The molecule has 22 heavy (non-hydrogen) atoms. The van der Waals surface area contributed by atoms with E-state index < -0.39 is 4.92 Å². The van der Waals surface area contributed by atoms with Gasteiger partial charge in [0, 0.05) is 36.8 Å². The summed E-state index contributed by atoms with van der Waals surface area (Å²) in [7, 11) is 0. The van der Waals surface area contributed by atoms with Crippen molar-refractivity contribution in [2.75, 3.05) is 25.0 Å². The number of likely N-dealkylation sites (tertiary alicyclic amines) is 1. The van der Waals surface area contributed by atoms with Crippen LogP contribution in [0.3, 0.4) is 0 Å². The number of nitro groups is 1. The lowest BCUT2D eigenvalue weighted by molar-refractivity contribution is -0.384. The van der Waals surface area contributed by atoms with Crippen molar-refractivity contribution in [3.8, 4) is 0 Å². The zero-order chi connectivity index (χ0) is 16.1. The number of anilines is 1. The van der Waals surface area contributed by atoms with E-state index in [9.17, 15) is 20.0 Å². The van der Waals surface area contributed by atoms with E-state index >= 15 is 0 Å². The molecule has 0 radical (unpaired) electrons. The van der Waals surface area contributed by atoms with Crippen LogP contribution in [0.25, 0.3) is 0 Å². The van der Waals surface area contributed by atoms with E-state index in [0.717, 1.165) is 19.4 Å². The molecule has 7 heteroatoms. The second kappa shape index (κ2) is 7.33. The normalized spacial score (nSPS) is 18.4. The largest absolute Gasteiger partial charge is 0.395 e. The van der Waals surface area contributed by atoms with Gasteiger partial charge in [0.2, 0.25) is 5.91 Å². The number of nitrogens with one attached hydrogen (secondary N) is 1. The maximum atomic E-state index is 12.0. The fourth-order valence-corrected chi connectivity index (χ4v) is 2.76. The van der Waals surface area contributed by atoms with Crippen LogP contribution in [0.2, 0.25) is 0 Å². The fourth-order valence-electron chi connectivity index (χ4n) is 2.76. The van der Waals surface area contributed by atoms with E-state index in [2.05, 4.69) is 10.2 Å². The van der Waals surface area contributed by atoms with Crippen LogP contribution >= 0.6 is 0 Å². The molecule has 1 fully saturated rings. The SMILES string of the molecule is Cc1cc([N+](=O)[O-])ccc1NC(=O)CCN1CCC[C@@H]1CO. The molecule has 1 heterocycles. The van der Waals surface area contributed by atoms with Gasteiger partial charge in [0.05, 0.1) is 11.5 Å². The summed E-state index contributed by atoms with van der Waals surface area (Å²) >= 11 is 0. The Morgan fingerprint density at radius 3 is 2.95 bits per heavy atom. The van der Waals surface area contributed by atoms with Gasteiger partial charge in [-0.2, -0.15) is 0 Å². The molecule has 1 amide bonds. The van der Waals surface area contributed by atoms with Crippen molar-refractivity contribution < 1.29 is 14.8 Å². The third-order valence-electron chi connectivity index (χ3n) is 4.03. The number of nitro benzene ring substituents is 1. The minimum Gasteiger partial charge on any atom is -0.395 e. The third-order valence-corrected chi connectivity index (χ3v) is 4.03. The standard InChI is InChI=1S/C15H21N3O4/c1-11-9-12(18(21)22)4-5-14(11)16-15(20)6-8-17-7-2-3-13(17)10-19/h4-5,9,13,19H,2-3,6-8,10H2,1H3,(H,16,20)/t13-/m1/s1. The minimum atomic E-state index is -0.457. The molecular formula is C15H21N3O4. The van der Waals surface area contributed by atoms with Crippen LogP contribution < -0.4 is 5.32 Å². The van der Waals surface area contributed by atoms with Crippen LogP contribution in [0.1, 0.15) is 24.8 Å². The van der Waals surface area contributed by atoms with Crippen LogP contribution in [0, 0.1) is 17.0 Å². The highest BCUT2D eigenvalue weighted by atomic mass is 16.6. The first-order chi connectivity index (χ1) is 10.5. The summed E-state index contributed by atoms with van der Waals surface area (Å²) in [6.45, 7) is 3.38. The molecule has 7 nitrogen and oxygen atoms in total. The van der Waals surface area contributed by atoms with Crippen molar-refractivity contribution in [1.29, 1.82) is 0 Å². The Bertz CT molecular complexity index is 562. The van der Waals surface area contributed by atoms with E-state index in [0.29, 0.717) is 24.2 Å². The predicted molar refractivity (Wildman–Crippen MR) is 82.8 cm³/mol. The quantitative estimate of drug-likeness (QED) is 0.616. The van der Waals surface area contributed by atoms with Crippen molar-refractivity contribution in [1.82, 2.24) is 4.90 Å². The Morgan fingerprint density at radius 2 is 2.32 bits per heavy atom. The zero-order valence-corrected chi connectivity index (χ0v) is 12.6. The maximum Gasteiger partial charge on any atom is 0.269 e. The van der Waals surface area contributed by atoms with Crippen molar-refractivity contribution in [2.24, 2.45) is 0 Å². The second-order valence-electron chi connectivity index (χ2n) is 5.57. The molecule has 1 aromatic rings. The van der Waals surface area contributed by atoms with Gasteiger partial charge in [0.15, 0.2) is 0 Å². The van der Waals surface area contributed by atoms with Crippen LogP contribution in [0.5, 0.6) is 0 Å². The topological polar surface area (TPSA) is 95.7 Å². The number of hydrogen-bond donors (Lipinski definition) is 2. The summed E-state index contributed by atoms with van der Waals surface area (Å²) in [6, 6.07) is 4.54. The van der Waals surface area contributed by atoms with Crippen LogP contribution in [-0.2, 0) is 4.79 Å². The lowest BCUT2D eigenvalue weighted by Crippen LogP contribution is -2.34. The number of aryl methyl sites for hydroxylation is 1. The van der Waals surface area contributed by atoms with Gasteiger partial charge in [-0.05, 0) is 37.9 Å². The second-order valence-corrected chi connectivity index (χ2v) is 5.57. The molecule has 1 aliphatic rings. The van der Waals surface area contributed by atoms with Crippen molar-refractivity contribution in [3.63, 3.8) is 0 Å². The van der Waals surface area contributed by atoms with E-state index in [4.69, 9.17) is 0 Å². The zero-order valence-electron chi connectivity index (χ0n) is 12.6. The van der Waals surface area contributed by atoms with E-state index in [1.54, 1.807) is 13.0 Å². The first-order valence-corrected chi connectivity index (χ1v) is 7.41. The van der Waals surface area contributed by atoms with E-state index in [1.807, 2.05) is 0 Å². The summed E-state index contributed by atoms with van der Waals surface area (Å²) in [5.41, 5.74) is 1.27. The van der Waals surface area contributed by atoms with Crippen LogP contribution in [-0.4, -0.2) is 46.6 Å². The number of benzene rings is 1. The molecular weight excluding hydrogens is 286 g/mol. The number of aliphatic hydroxyl groups is 1. The first-order valence-electron chi connectivity index (χ1n) is 7.41. The Kier molecular flexibility index (Phi) is 5.46. The van der Waals surface area contributed by atoms with Crippen molar-refractivity contribution in [3.05, 3.63) is 33.9 Å². The number of rotatable bonds is 6.